The minimum atomic E-state index is -0.0664. The van der Waals surface area contributed by atoms with Crippen LogP contribution in [-0.4, -0.2) is 26.3 Å². The maximum absolute atomic E-state index is 6.11. The standard InChI is InChI=1S/C15H18N6/c1-21-9-11(7-19-21)15-8-18-13-3-2-10(6-14(13)20-15)12(17)4-5-16/h2-3,6-9,12H,4-5,16-17H2,1H3. The largest absolute Gasteiger partial charge is 0.330 e. The lowest BCUT2D eigenvalue weighted by atomic mass is 10.0. The molecular weight excluding hydrogens is 264 g/mol. The molecule has 2 aromatic heterocycles. The zero-order chi connectivity index (χ0) is 14.8. The maximum atomic E-state index is 6.11. The Morgan fingerprint density at radius 3 is 2.81 bits per heavy atom. The first-order valence-corrected chi connectivity index (χ1v) is 6.89. The molecule has 21 heavy (non-hydrogen) atoms. The molecular formula is C15H18N6. The Morgan fingerprint density at radius 2 is 2.10 bits per heavy atom. The highest BCUT2D eigenvalue weighted by Crippen LogP contribution is 2.21. The first-order valence-electron chi connectivity index (χ1n) is 6.89. The van der Waals surface area contributed by atoms with Crippen LogP contribution in [0.25, 0.3) is 22.3 Å². The van der Waals surface area contributed by atoms with Gasteiger partial charge in [0, 0.05) is 24.8 Å². The molecule has 0 saturated carbocycles. The molecule has 0 amide bonds. The second-order valence-electron chi connectivity index (χ2n) is 5.09. The van der Waals surface area contributed by atoms with Crippen molar-refractivity contribution in [3.63, 3.8) is 0 Å². The lowest BCUT2D eigenvalue weighted by Gasteiger charge is -2.11. The summed E-state index contributed by atoms with van der Waals surface area (Å²) in [5.74, 6) is 0. The number of hydrogen-bond acceptors (Lipinski definition) is 5. The summed E-state index contributed by atoms with van der Waals surface area (Å²) in [5.41, 5.74) is 16.1. The fourth-order valence-corrected chi connectivity index (χ4v) is 2.30. The van der Waals surface area contributed by atoms with Gasteiger partial charge in [-0.25, -0.2) is 4.98 Å². The van der Waals surface area contributed by atoms with Gasteiger partial charge in [0.2, 0.25) is 0 Å². The van der Waals surface area contributed by atoms with Crippen molar-refractivity contribution >= 4 is 11.0 Å². The molecule has 1 aromatic carbocycles. The van der Waals surface area contributed by atoms with Crippen molar-refractivity contribution in [1.82, 2.24) is 19.7 Å². The third kappa shape index (κ3) is 2.76. The van der Waals surface area contributed by atoms with Gasteiger partial charge in [0.25, 0.3) is 0 Å². The normalized spacial score (nSPS) is 12.7. The first kappa shape index (κ1) is 13.7. The minimum absolute atomic E-state index is 0.0664. The fourth-order valence-electron chi connectivity index (χ4n) is 2.30. The van der Waals surface area contributed by atoms with Gasteiger partial charge in [0.05, 0.1) is 29.1 Å². The van der Waals surface area contributed by atoms with Crippen LogP contribution in [0.2, 0.25) is 0 Å². The number of rotatable bonds is 4. The predicted octanol–water partition coefficient (Wildman–Crippen LogP) is 1.38. The van der Waals surface area contributed by atoms with Crippen LogP contribution in [0.5, 0.6) is 0 Å². The number of fused-ring (bicyclic) bond motifs is 1. The number of aryl methyl sites for hydroxylation is 1. The second kappa shape index (κ2) is 5.59. The van der Waals surface area contributed by atoms with Crippen molar-refractivity contribution in [2.24, 2.45) is 18.5 Å². The molecule has 3 aromatic rings. The molecule has 0 spiro atoms. The second-order valence-corrected chi connectivity index (χ2v) is 5.09. The Morgan fingerprint density at radius 1 is 1.24 bits per heavy atom. The van der Waals surface area contributed by atoms with Crippen molar-refractivity contribution in [2.75, 3.05) is 6.54 Å². The van der Waals surface area contributed by atoms with Crippen molar-refractivity contribution in [3.05, 3.63) is 42.4 Å². The smallest absolute Gasteiger partial charge is 0.0924 e. The topological polar surface area (TPSA) is 95.6 Å². The van der Waals surface area contributed by atoms with Gasteiger partial charge in [-0.05, 0) is 30.7 Å². The van der Waals surface area contributed by atoms with Gasteiger partial charge >= 0.3 is 0 Å². The number of aromatic nitrogens is 4. The summed E-state index contributed by atoms with van der Waals surface area (Å²) in [4.78, 5) is 9.11. The van der Waals surface area contributed by atoms with E-state index >= 15 is 0 Å². The van der Waals surface area contributed by atoms with Crippen LogP contribution < -0.4 is 11.5 Å². The Bertz CT molecular complexity index is 764. The first-order chi connectivity index (χ1) is 10.2. The summed E-state index contributed by atoms with van der Waals surface area (Å²) < 4.78 is 1.74. The average molecular weight is 282 g/mol. The summed E-state index contributed by atoms with van der Waals surface area (Å²) in [7, 11) is 1.88. The van der Waals surface area contributed by atoms with E-state index in [9.17, 15) is 0 Å². The summed E-state index contributed by atoms with van der Waals surface area (Å²) in [6, 6.07) is 5.85. The Balaban J connectivity index is 2.03. The number of nitrogens with zero attached hydrogens (tertiary/aromatic N) is 4. The van der Waals surface area contributed by atoms with E-state index in [1.807, 2.05) is 31.4 Å². The third-order valence-corrected chi connectivity index (χ3v) is 3.47. The molecule has 0 aliphatic carbocycles. The molecule has 3 rings (SSSR count). The van der Waals surface area contributed by atoms with Gasteiger partial charge in [-0.1, -0.05) is 6.07 Å². The Labute approximate surface area is 122 Å². The van der Waals surface area contributed by atoms with E-state index in [-0.39, 0.29) is 6.04 Å². The highest BCUT2D eigenvalue weighted by Gasteiger charge is 2.09. The highest BCUT2D eigenvalue weighted by atomic mass is 15.2. The molecule has 0 bridgehead atoms. The van der Waals surface area contributed by atoms with Gasteiger partial charge in [-0.15, -0.1) is 0 Å². The third-order valence-electron chi connectivity index (χ3n) is 3.47. The van der Waals surface area contributed by atoms with Crippen LogP contribution in [-0.2, 0) is 7.05 Å². The average Bonchev–Trinajstić information content (AvgIpc) is 2.93. The van der Waals surface area contributed by atoms with E-state index in [1.165, 1.54) is 0 Å². The van der Waals surface area contributed by atoms with E-state index < -0.39 is 0 Å². The van der Waals surface area contributed by atoms with Crippen LogP contribution >= 0.6 is 0 Å². The van der Waals surface area contributed by atoms with Crippen molar-refractivity contribution in [2.45, 2.75) is 12.5 Å². The molecule has 4 N–H and O–H groups in total. The molecule has 2 heterocycles. The molecule has 6 heteroatoms. The van der Waals surface area contributed by atoms with Gasteiger partial charge in [-0.3, -0.25) is 9.67 Å². The lowest BCUT2D eigenvalue weighted by molar-refractivity contribution is 0.662. The Hall–Kier alpha value is -2.31. The lowest BCUT2D eigenvalue weighted by Crippen LogP contribution is -2.15. The zero-order valence-corrected chi connectivity index (χ0v) is 11.9. The van der Waals surface area contributed by atoms with E-state index in [2.05, 4.69) is 15.1 Å². The van der Waals surface area contributed by atoms with Gasteiger partial charge in [0.1, 0.15) is 0 Å². The number of nitrogens with two attached hydrogens (primary N) is 2. The SMILES string of the molecule is Cn1cc(-c2cnc3ccc(C(N)CCN)cc3n2)cn1. The minimum Gasteiger partial charge on any atom is -0.330 e. The molecule has 0 fully saturated rings. The summed E-state index contributed by atoms with van der Waals surface area (Å²) in [6.07, 6.45) is 6.21. The van der Waals surface area contributed by atoms with E-state index in [4.69, 9.17) is 11.5 Å². The maximum Gasteiger partial charge on any atom is 0.0924 e. The monoisotopic (exact) mass is 282 g/mol. The van der Waals surface area contributed by atoms with Gasteiger partial charge in [-0.2, -0.15) is 5.10 Å². The van der Waals surface area contributed by atoms with E-state index in [0.717, 1.165) is 34.3 Å². The van der Waals surface area contributed by atoms with Crippen molar-refractivity contribution in [3.8, 4) is 11.3 Å². The van der Waals surface area contributed by atoms with Crippen molar-refractivity contribution in [1.29, 1.82) is 0 Å². The molecule has 1 atom stereocenters. The Kier molecular flexibility index (Phi) is 3.64. The van der Waals surface area contributed by atoms with Crippen LogP contribution in [0.4, 0.5) is 0 Å². The fraction of sp³-hybridized carbons (Fsp3) is 0.267. The molecule has 0 aliphatic rings. The van der Waals surface area contributed by atoms with Crippen LogP contribution in [0, 0.1) is 0 Å². The van der Waals surface area contributed by atoms with Crippen LogP contribution in [0.1, 0.15) is 18.0 Å². The predicted molar refractivity (Wildman–Crippen MR) is 82.3 cm³/mol. The van der Waals surface area contributed by atoms with Crippen molar-refractivity contribution < 1.29 is 0 Å². The van der Waals surface area contributed by atoms with Gasteiger partial charge < -0.3 is 11.5 Å². The quantitative estimate of drug-likeness (QED) is 0.753. The molecule has 0 radical (unpaired) electrons. The zero-order valence-electron chi connectivity index (χ0n) is 11.9. The molecule has 0 saturated heterocycles. The van der Waals surface area contributed by atoms with Gasteiger partial charge in [0.15, 0.2) is 0 Å². The van der Waals surface area contributed by atoms with E-state index in [1.54, 1.807) is 17.1 Å². The molecule has 6 nitrogen and oxygen atoms in total. The summed E-state index contributed by atoms with van der Waals surface area (Å²) in [5, 5.41) is 4.16. The number of benzene rings is 1. The van der Waals surface area contributed by atoms with Crippen LogP contribution in [0.15, 0.2) is 36.8 Å². The molecule has 0 aliphatic heterocycles. The molecule has 1 unspecified atom stereocenters. The highest BCUT2D eigenvalue weighted by molar-refractivity contribution is 5.77. The molecule has 108 valence electrons. The number of hydrogen-bond donors (Lipinski definition) is 2. The van der Waals surface area contributed by atoms with E-state index in [0.29, 0.717) is 6.54 Å². The van der Waals surface area contributed by atoms with Crippen LogP contribution in [0.3, 0.4) is 0 Å². The summed E-state index contributed by atoms with van der Waals surface area (Å²) in [6.45, 7) is 0.570. The summed E-state index contributed by atoms with van der Waals surface area (Å²) >= 11 is 0.